The first-order chi connectivity index (χ1) is 15.2. The van der Waals surface area contributed by atoms with Crippen LogP contribution < -0.4 is 4.74 Å². The standard InChI is InChI=1S/C23H19Cl2NO4S2/c1-23(2)16(11-18(24)25)19(23)21(28)30-14-7-5-13(6-8-14)10-17-20(27)26(22(31)32-17)12-15-4-3-9-29-15/h3-11,16,19H,12H2,1-2H3/b17-10-/t16-,19-/m1/s1. The zero-order valence-electron chi connectivity index (χ0n) is 17.2. The summed E-state index contributed by atoms with van der Waals surface area (Å²) in [5.41, 5.74) is 0.543. The topological polar surface area (TPSA) is 59.8 Å². The second-order valence-corrected chi connectivity index (χ2v) is 10.8. The van der Waals surface area contributed by atoms with Gasteiger partial charge in [-0.25, -0.2) is 0 Å². The van der Waals surface area contributed by atoms with Crippen LogP contribution in [-0.4, -0.2) is 21.1 Å². The molecule has 1 saturated heterocycles. The molecule has 0 unspecified atom stereocenters. The summed E-state index contributed by atoms with van der Waals surface area (Å²) in [6.45, 7) is 4.25. The van der Waals surface area contributed by atoms with Gasteiger partial charge < -0.3 is 9.15 Å². The van der Waals surface area contributed by atoms with E-state index in [4.69, 9.17) is 44.6 Å². The lowest BCUT2D eigenvalue weighted by Crippen LogP contribution is -2.27. The number of hydrogen-bond acceptors (Lipinski definition) is 6. The number of halogens is 2. The molecular formula is C23H19Cl2NO4S2. The molecule has 2 aliphatic rings. The lowest BCUT2D eigenvalue weighted by Gasteiger charge is -2.11. The highest BCUT2D eigenvalue weighted by Gasteiger charge is 2.61. The zero-order chi connectivity index (χ0) is 23.0. The largest absolute Gasteiger partial charge is 0.467 e. The monoisotopic (exact) mass is 507 g/mol. The third-order valence-corrected chi connectivity index (χ3v) is 7.26. The first-order valence-electron chi connectivity index (χ1n) is 9.79. The van der Waals surface area contributed by atoms with E-state index in [1.54, 1.807) is 54.8 Å². The predicted octanol–water partition coefficient (Wildman–Crippen LogP) is 6.18. The van der Waals surface area contributed by atoms with Gasteiger partial charge in [0, 0.05) is 0 Å². The summed E-state index contributed by atoms with van der Waals surface area (Å²) in [4.78, 5) is 27.3. The molecule has 9 heteroatoms. The summed E-state index contributed by atoms with van der Waals surface area (Å²) < 4.78 is 11.5. The summed E-state index contributed by atoms with van der Waals surface area (Å²) in [6, 6.07) is 10.5. The minimum atomic E-state index is -0.322. The van der Waals surface area contributed by atoms with Crippen LogP contribution in [0, 0.1) is 17.3 Å². The number of furan rings is 1. The number of thioether (sulfide) groups is 1. The Morgan fingerprint density at radius 3 is 2.62 bits per heavy atom. The number of allylic oxidation sites excluding steroid dienone is 1. The second-order valence-electron chi connectivity index (χ2n) is 8.12. The molecule has 1 saturated carbocycles. The van der Waals surface area contributed by atoms with Crippen LogP contribution in [0.5, 0.6) is 5.75 Å². The van der Waals surface area contributed by atoms with Gasteiger partial charge in [0.05, 0.1) is 23.6 Å². The molecule has 0 spiro atoms. The Hall–Kier alpha value is -2.06. The van der Waals surface area contributed by atoms with Crippen LogP contribution in [0.1, 0.15) is 25.2 Å². The van der Waals surface area contributed by atoms with E-state index in [-0.39, 0.29) is 33.6 Å². The number of thiocarbonyl (C=S) groups is 1. The molecule has 0 radical (unpaired) electrons. The molecular weight excluding hydrogens is 489 g/mol. The van der Waals surface area contributed by atoms with E-state index >= 15 is 0 Å². The van der Waals surface area contributed by atoms with Crippen molar-refractivity contribution in [1.82, 2.24) is 4.90 Å². The molecule has 0 N–H and O–H groups in total. The summed E-state index contributed by atoms with van der Waals surface area (Å²) in [5, 5.41) is 0. The van der Waals surface area contributed by atoms with Crippen molar-refractivity contribution < 1.29 is 18.7 Å². The van der Waals surface area contributed by atoms with Gasteiger partial charge in [0.15, 0.2) is 0 Å². The van der Waals surface area contributed by atoms with Crippen LogP contribution >= 0.6 is 47.2 Å². The van der Waals surface area contributed by atoms with E-state index in [0.29, 0.717) is 27.3 Å². The quantitative estimate of drug-likeness (QED) is 0.201. The Bertz CT molecular complexity index is 1120. The van der Waals surface area contributed by atoms with E-state index < -0.39 is 0 Å². The maximum atomic E-state index is 12.7. The number of carbonyl (C=O) groups excluding carboxylic acids is 2. The number of carbonyl (C=O) groups is 2. The molecule has 2 atom stereocenters. The van der Waals surface area contributed by atoms with Crippen LogP contribution in [0.3, 0.4) is 0 Å². The number of ether oxygens (including phenoxy) is 1. The summed E-state index contributed by atoms with van der Waals surface area (Å²) in [7, 11) is 0. The fraction of sp³-hybridized carbons (Fsp3) is 0.261. The van der Waals surface area contributed by atoms with Crippen molar-refractivity contribution in [2.75, 3.05) is 0 Å². The maximum Gasteiger partial charge on any atom is 0.315 e. The van der Waals surface area contributed by atoms with Crippen LogP contribution in [0.2, 0.25) is 0 Å². The molecule has 2 fully saturated rings. The lowest BCUT2D eigenvalue weighted by molar-refractivity contribution is -0.136. The van der Waals surface area contributed by atoms with Gasteiger partial charge >= 0.3 is 5.97 Å². The smallest absolute Gasteiger partial charge is 0.315 e. The number of hydrogen-bond donors (Lipinski definition) is 0. The van der Waals surface area contributed by atoms with Crippen molar-refractivity contribution in [3.63, 3.8) is 0 Å². The van der Waals surface area contributed by atoms with Crippen LogP contribution in [-0.2, 0) is 16.1 Å². The van der Waals surface area contributed by atoms with Crippen molar-refractivity contribution in [3.8, 4) is 5.75 Å². The number of esters is 1. The molecule has 1 aliphatic carbocycles. The Labute approximate surface area is 205 Å². The van der Waals surface area contributed by atoms with E-state index in [9.17, 15) is 9.59 Å². The Morgan fingerprint density at radius 1 is 1.28 bits per heavy atom. The maximum absolute atomic E-state index is 12.7. The number of rotatable bonds is 6. The Morgan fingerprint density at radius 2 is 2.00 bits per heavy atom. The van der Waals surface area contributed by atoms with Gasteiger partial charge in [-0.2, -0.15) is 0 Å². The van der Waals surface area contributed by atoms with Crippen molar-refractivity contribution >= 4 is 69.5 Å². The third-order valence-electron chi connectivity index (χ3n) is 5.63. The van der Waals surface area contributed by atoms with Gasteiger partial charge in [-0.1, -0.05) is 73.2 Å². The molecule has 1 amide bonds. The Kier molecular flexibility index (Phi) is 6.54. The van der Waals surface area contributed by atoms with Crippen LogP contribution in [0.25, 0.3) is 6.08 Å². The highest BCUT2D eigenvalue weighted by atomic mass is 35.5. The first kappa shape index (κ1) is 23.1. The normalized spacial score (nSPS) is 22.9. The fourth-order valence-electron chi connectivity index (χ4n) is 3.73. The van der Waals surface area contributed by atoms with Gasteiger partial charge in [-0.3, -0.25) is 14.5 Å². The molecule has 0 bridgehead atoms. The fourth-order valence-corrected chi connectivity index (χ4v) is 5.26. The van der Waals surface area contributed by atoms with Crippen molar-refractivity contribution in [2.24, 2.45) is 17.3 Å². The average Bonchev–Trinajstić information content (AvgIpc) is 3.07. The van der Waals surface area contributed by atoms with Gasteiger partial charge in [-0.05, 0) is 53.3 Å². The van der Waals surface area contributed by atoms with Crippen molar-refractivity contribution in [2.45, 2.75) is 20.4 Å². The second kappa shape index (κ2) is 9.06. The lowest BCUT2D eigenvalue weighted by atomic mass is 10.1. The number of amides is 1. The number of nitrogens with zero attached hydrogens (tertiary/aromatic N) is 1. The van der Waals surface area contributed by atoms with Gasteiger partial charge in [0.2, 0.25) is 0 Å². The molecule has 32 heavy (non-hydrogen) atoms. The minimum absolute atomic E-state index is 0.0534. The molecule has 1 aromatic carbocycles. The highest BCUT2D eigenvalue weighted by molar-refractivity contribution is 8.26. The van der Waals surface area contributed by atoms with E-state index in [2.05, 4.69) is 0 Å². The molecule has 2 heterocycles. The van der Waals surface area contributed by atoms with E-state index in [1.165, 1.54) is 16.7 Å². The summed E-state index contributed by atoms with van der Waals surface area (Å²) >= 11 is 18.1. The molecule has 2 aromatic rings. The first-order valence-corrected chi connectivity index (χ1v) is 11.8. The third kappa shape index (κ3) is 4.81. The molecule has 166 valence electrons. The van der Waals surface area contributed by atoms with E-state index in [1.807, 2.05) is 13.8 Å². The molecule has 4 rings (SSSR count). The van der Waals surface area contributed by atoms with Gasteiger partial charge in [0.1, 0.15) is 20.3 Å². The van der Waals surface area contributed by atoms with Crippen LogP contribution in [0.4, 0.5) is 0 Å². The molecule has 1 aliphatic heterocycles. The van der Waals surface area contributed by atoms with E-state index in [0.717, 1.165) is 5.56 Å². The van der Waals surface area contributed by atoms with Gasteiger partial charge in [0.25, 0.3) is 5.91 Å². The van der Waals surface area contributed by atoms with Crippen LogP contribution in [0.15, 0.2) is 62.6 Å². The molecule has 5 nitrogen and oxygen atoms in total. The highest BCUT2D eigenvalue weighted by Crippen LogP contribution is 2.60. The predicted molar refractivity (Wildman–Crippen MR) is 130 cm³/mol. The summed E-state index contributed by atoms with van der Waals surface area (Å²) in [5.74, 6) is 0.253. The van der Waals surface area contributed by atoms with Crippen molar-refractivity contribution in [1.29, 1.82) is 0 Å². The zero-order valence-corrected chi connectivity index (χ0v) is 20.4. The minimum Gasteiger partial charge on any atom is -0.467 e. The summed E-state index contributed by atoms with van der Waals surface area (Å²) in [6.07, 6.45) is 5.01. The Balaban J connectivity index is 1.40. The van der Waals surface area contributed by atoms with Gasteiger partial charge in [-0.15, -0.1) is 0 Å². The van der Waals surface area contributed by atoms with Crippen molar-refractivity contribution in [3.05, 3.63) is 69.5 Å². The average molecular weight is 508 g/mol. The number of benzene rings is 1. The molecule has 1 aromatic heterocycles. The SMILES string of the molecule is CC1(C)[C@H](C=C(Cl)Cl)[C@@H]1C(=O)Oc1ccc(/C=C2\SC(=S)N(Cc3ccco3)C2=O)cc1.